The van der Waals surface area contributed by atoms with Gasteiger partial charge in [0, 0.05) is 0 Å². The van der Waals surface area contributed by atoms with Gasteiger partial charge in [-0.1, -0.05) is 5.21 Å². The largest absolute Gasteiger partial charge is 0.394 e. The van der Waals surface area contributed by atoms with Crippen LogP contribution in [0.3, 0.4) is 0 Å². The van der Waals surface area contributed by atoms with E-state index in [0.717, 1.165) is 10.9 Å². The lowest BCUT2D eigenvalue weighted by atomic mass is 10.1. The molecule has 1 amide bonds. The Balaban J connectivity index is 2.29. The summed E-state index contributed by atoms with van der Waals surface area (Å²) < 4.78 is 6.15. The third kappa shape index (κ3) is 1.89. The molecule has 0 bridgehead atoms. The molecule has 94 valence electrons. The van der Waals surface area contributed by atoms with Crippen molar-refractivity contribution in [1.82, 2.24) is 15.0 Å². The number of ether oxygens (including phenoxy) is 1. The summed E-state index contributed by atoms with van der Waals surface area (Å²) in [5.41, 5.74) is 5.03. The van der Waals surface area contributed by atoms with Gasteiger partial charge in [0.25, 0.3) is 5.91 Å². The number of rotatable bonds is 3. The molecule has 0 radical (unpaired) electrons. The maximum Gasteiger partial charge on any atom is 0.268 e. The van der Waals surface area contributed by atoms with Crippen molar-refractivity contribution in [3.8, 4) is 0 Å². The van der Waals surface area contributed by atoms with Crippen LogP contribution in [0, 0.1) is 0 Å². The number of nitrogens with zero attached hydrogens (tertiary/aromatic N) is 3. The van der Waals surface area contributed by atoms with E-state index in [0.29, 0.717) is 0 Å². The highest BCUT2D eigenvalue weighted by Gasteiger charge is 2.44. The SMILES string of the molecule is NC(=O)c1cnnn1[C@@H]1O[C@H](CO)[C@@H](O)[C@H]1O. The molecule has 0 aromatic carbocycles. The van der Waals surface area contributed by atoms with Gasteiger partial charge in [-0.15, -0.1) is 5.10 Å². The molecule has 2 heterocycles. The molecule has 9 heteroatoms. The van der Waals surface area contributed by atoms with Crippen molar-refractivity contribution in [1.29, 1.82) is 0 Å². The molecule has 0 saturated carbocycles. The number of aromatic nitrogens is 3. The van der Waals surface area contributed by atoms with Gasteiger partial charge in [-0.2, -0.15) is 0 Å². The van der Waals surface area contributed by atoms with Gasteiger partial charge < -0.3 is 25.8 Å². The lowest BCUT2D eigenvalue weighted by molar-refractivity contribution is -0.0601. The molecule has 1 aromatic rings. The van der Waals surface area contributed by atoms with Crippen LogP contribution in [0.15, 0.2) is 6.20 Å². The third-order valence-corrected chi connectivity index (χ3v) is 2.59. The first-order valence-corrected chi connectivity index (χ1v) is 4.88. The molecule has 1 aliphatic rings. The molecule has 1 aromatic heterocycles. The molecule has 0 unspecified atom stereocenters. The highest BCUT2D eigenvalue weighted by Crippen LogP contribution is 2.29. The van der Waals surface area contributed by atoms with Gasteiger partial charge in [0.2, 0.25) is 0 Å². The number of amides is 1. The number of hydrogen-bond acceptors (Lipinski definition) is 7. The molecular formula is C8H12N4O5. The van der Waals surface area contributed by atoms with Crippen LogP contribution < -0.4 is 5.73 Å². The monoisotopic (exact) mass is 244 g/mol. The second-order valence-electron chi connectivity index (χ2n) is 3.66. The van der Waals surface area contributed by atoms with Crippen LogP contribution in [0.5, 0.6) is 0 Å². The summed E-state index contributed by atoms with van der Waals surface area (Å²) >= 11 is 0. The van der Waals surface area contributed by atoms with Crippen LogP contribution in [0.1, 0.15) is 16.7 Å². The summed E-state index contributed by atoms with van der Waals surface area (Å²) in [4.78, 5) is 11.1. The summed E-state index contributed by atoms with van der Waals surface area (Å²) in [5.74, 6) is -0.785. The smallest absolute Gasteiger partial charge is 0.268 e. The summed E-state index contributed by atoms with van der Waals surface area (Å²) in [7, 11) is 0. The quantitative estimate of drug-likeness (QED) is 0.443. The minimum Gasteiger partial charge on any atom is -0.394 e. The molecule has 1 aliphatic heterocycles. The Labute approximate surface area is 95.4 Å². The van der Waals surface area contributed by atoms with Crippen LogP contribution in [0.25, 0.3) is 0 Å². The molecule has 4 atom stereocenters. The van der Waals surface area contributed by atoms with Gasteiger partial charge in [-0.05, 0) is 0 Å². The number of nitrogens with two attached hydrogens (primary N) is 1. The van der Waals surface area contributed by atoms with E-state index in [1.807, 2.05) is 0 Å². The van der Waals surface area contributed by atoms with E-state index in [-0.39, 0.29) is 5.69 Å². The van der Waals surface area contributed by atoms with Gasteiger partial charge in [0.15, 0.2) is 6.23 Å². The van der Waals surface area contributed by atoms with Crippen molar-refractivity contribution in [3.63, 3.8) is 0 Å². The van der Waals surface area contributed by atoms with Crippen LogP contribution >= 0.6 is 0 Å². The van der Waals surface area contributed by atoms with Crippen LogP contribution in [0.2, 0.25) is 0 Å². The molecule has 0 spiro atoms. The van der Waals surface area contributed by atoms with Crippen molar-refractivity contribution >= 4 is 5.91 Å². The zero-order valence-electron chi connectivity index (χ0n) is 8.67. The molecule has 2 rings (SSSR count). The zero-order valence-corrected chi connectivity index (χ0v) is 8.67. The molecule has 1 saturated heterocycles. The first kappa shape index (κ1) is 11.9. The first-order valence-electron chi connectivity index (χ1n) is 4.88. The molecule has 5 N–H and O–H groups in total. The maximum absolute atomic E-state index is 11.1. The number of carbonyl (C=O) groups excluding carboxylic acids is 1. The predicted molar refractivity (Wildman–Crippen MR) is 51.5 cm³/mol. The topological polar surface area (TPSA) is 144 Å². The third-order valence-electron chi connectivity index (χ3n) is 2.59. The van der Waals surface area contributed by atoms with Crippen molar-refractivity contribution in [2.24, 2.45) is 5.73 Å². The van der Waals surface area contributed by atoms with E-state index in [4.69, 9.17) is 15.6 Å². The number of aliphatic hydroxyl groups is 3. The van der Waals surface area contributed by atoms with E-state index in [1.165, 1.54) is 0 Å². The zero-order chi connectivity index (χ0) is 12.6. The fraction of sp³-hybridized carbons (Fsp3) is 0.625. The summed E-state index contributed by atoms with van der Waals surface area (Å²) in [5, 5.41) is 35.2. The van der Waals surface area contributed by atoms with E-state index < -0.39 is 37.1 Å². The second-order valence-corrected chi connectivity index (χ2v) is 3.66. The Morgan fingerprint density at radius 2 is 2.24 bits per heavy atom. The second kappa shape index (κ2) is 4.37. The highest BCUT2D eigenvalue weighted by atomic mass is 16.6. The van der Waals surface area contributed by atoms with Gasteiger partial charge in [0.1, 0.15) is 24.0 Å². The fourth-order valence-corrected chi connectivity index (χ4v) is 1.69. The number of carbonyl (C=O) groups is 1. The molecule has 1 fully saturated rings. The Hall–Kier alpha value is -1.55. The lowest BCUT2D eigenvalue weighted by Gasteiger charge is -2.15. The minimum atomic E-state index is -1.33. The summed E-state index contributed by atoms with van der Waals surface area (Å²) in [6, 6.07) is 0. The number of aliphatic hydroxyl groups excluding tert-OH is 3. The Morgan fingerprint density at radius 3 is 2.76 bits per heavy atom. The maximum atomic E-state index is 11.1. The normalized spacial score (nSPS) is 32.9. The minimum absolute atomic E-state index is 0.0557. The van der Waals surface area contributed by atoms with E-state index in [2.05, 4.69) is 10.3 Å². The van der Waals surface area contributed by atoms with Crippen molar-refractivity contribution in [2.45, 2.75) is 24.5 Å². The van der Waals surface area contributed by atoms with Crippen molar-refractivity contribution in [3.05, 3.63) is 11.9 Å². The molecule has 17 heavy (non-hydrogen) atoms. The average Bonchev–Trinajstić information content (AvgIpc) is 2.86. The van der Waals surface area contributed by atoms with Crippen LogP contribution in [0.4, 0.5) is 0 Å². The van der Waals surface area contributed by atoms with Gasteiger partial charge in [0.05, 0.1) is 12.8 Å². The Kier molecular flexibility index (Phi) is 3.07. The molecule has 9 nitrogen and oxygen atoms in total. The standard InChI is InChI=1S/C8H12N4O5/c9-7(16)3-1-10-11-12(3)8-6(15)5(14)4(2-13)17-8/h1,4-6,8,13-15H,2H2,(H2,9,16)/t4-,5-,6-,8-/m1/s1. The highest BCUT2D eigenvalue weighted by molar-refractivity contribution is 5.90. The Morgan fingerprint density at radius 1 is 1.53 bits per heavy atom. The lowest BCUT2D eigenvalue weighted by Crippen LogP contribution is -2.34. The predicted octanol–water partition coefficient (Wildman–Crippen LogP) is -3.01. The summed E-state index contributed by atoms with van der Waals surface area (Å²) in [6.45, 7) is -0.463. The van der Waals surface area contributed by atoms with E-state index in [9.17, 15) is 15.0 Å². The van der Waals surface area contributed by atoms with Gasteiger partial charge in [-0.25, -0.2) is 4.68 Å². The van der Waals surface area contributed by atoms with Gasteiger partial charge in [-0.3, -0.25) is 4.79 Å². The fourth-order valence-electron chi connectivity index (χ4n) is 1.69. The molecular weight excluding hydrogens is 232 g/mol. The Bertz CT molecular complexity index is 422. The first-order chi connectivity index (χ1) is 8.06. The average molecular weight is 244 g/mol. The van der Waals surface area contributed by atoms with Crippen LogP contribution in [-0.4, -0.2) is 61.1 Å². The molecule has 0 aliphatic carbocycles. The number of hydrogen-bond donors (Lipinski definition) is 4. The van der Waals surface area contributed by atoms with Crippen LogP contribution in [-0.2, 0) is 4.74 Å². The number of primary amides is 1. The van der Waals surface area contributed by atoms with E-state index in [1.54, 1.807) is 0 Å². The van der Waals surface area contributed by atoms with E-state index >= 15 is 0 Å². The van der Waals surface area contributed by atoms with Crippen molar-refractivity contribution in [2.75, 3.05) is 6.61 Å². The summed E-state index contributed by atoms with van der Waals surface area (Å²) in [6.07, 6.45) is -3.52. The van der Waals surface area contributed by atoms with Crippen molar-refractivity contribution < 1.29 is 24.9 Å². The van der Waals surface area contributed by atoms with Gasteiger partial charge >= 0.3 is 0 Å².